The van der Waals surface area contributed by atoms with Crippen molar-refractivity contribution < 1.29 is 9.84 Å². The molecule has 0 heterocycles. The average Bonchev–Trinajstić information content (AvgIpc) is 3.29. The number of rotatable bonds is 6. The van der Waals surface area contributed by atoms with Gasteiger partial charge in [0.25, 0.3) is 0 Å². The van der Waals surface area contributed by atoms with Gasteiger partial charge in [-0.3, -0.25) is 0 Å². The molecule has 2 aliphatic carbocycles. The lowest BCUT2D eigenvalue weighted by atomic mass is 9.89. The van der Waals surface area contributed by atoms with Crippen molar-refractivity contribution in [3.8, 4) is 0 Å². The lowest BCUT2D eigenvalue weighted by Crippen LogP contribution is -2.51. The zero-order valence-electron chi connectivity index (χ0n) is 12.3. The minimum atomic E-state index is -0.312. The van der Waals surface area contributed by atoms with Crippen LogP contribution < -0.4 is 5.32 Å². The first-order valence-electron chi connectivity index (χ1n) is 7.78. The largest absolute Gasteiger partial charge is 0.394 e. The first-order valence-corrected chi connectivity index (χ1v) is 7.78. The van der Waals surface area contributed by atoms with Gasteiger partial charge in [0, 0.05) is 6.04 Å². The standard InChI is InChI=1S/C17H25NO2/c1-17(11-19,18-14-9-10-14)12-20-16-8-4-6-13-5-2-3-7-15(13)16/h2-3,5,7,14,16,18-19H,4,6,8-12H2,1H3. The van der Waals surface area contributed by atoms with Crippen molar-refractivity contribution in [1.82, 2.24) is 5.32 Å². The molecular formula is C17H25NO2. The van der Waals surface area contributed by atoms with Gasteiger partial charge in [0.1, 0.15) is 0 Å². The molecule has 1 aromatic rings. The van der Waals surface area contributed by atoms with Crippen LogP contribution in [0.3, 0.4) is 0 Å². The summed E-state index contributed by atoms with van der Waals surface area (Å²) in [7, 11) is 0. The zero-order valence-corrected chi connectivity index (χ0v) is 12.3. The van der Waals surface area contributed by atoms with E-state index in [1.807, 2.05) is 0 Å². The van der Waals surface area contributed by atoms with Gasteiger partial charge in [-0.15, -0.1) is 0 Å². The van der Waals surface area contributed by atoms with Gasteiger partial charge in [0.05, 0.1) is 24.9 Å². The van der Waals surface area contributed by atoms with Crippen LogP contribution in [0.15, 0.2) is 24.3 Å². The van der Waals surface area contributed by atoms with Gasteiger partial charge in [-0.25, -0.2) is 0 Å². The second kappa shape index (κ2) is 5.84. The van der Waals surface area contributed by atoms with Crippen molar-refractivity contribution in [2.75, 3.05) is 13.2 Å². The highest BCUT2D eigenvalue weighted by molar-refractivity contribution is 5.31. The topological polar surface area (TPSA) is 41.5 Å². The van der Waals surface area contributed by atoms with E-state index in [0.717, 1.165) is 12.8 Å². The fourth-order valence-corrected chi connectivity index (χ4v) is 3.02. The number of nitrogens with one attached hydrogen (secondary N) is 1. The average molecular weight is 275 g/mol. The van der Waals surface area contributed by atoms with Crippen LogP contribution >= 0.6 is 0 Å². The Bertz CT molecular complexity index is 458. The summed E-state index contributed by atoms with van der Waals surface area (Å²) in [4.78, 5) is 0. The first kappa shape index (κ1) is 14.1. The molecule has 0 amide bonds. The number of benzene rings is 1. The van der Waals surface area contributed by atoms with E-state index in [0.29, 0.717) is 12.6 Å². The van der Waals surface area contributed by atoms with Gasteiger partial charge < -0.3 is 15.2 Å². The summed E-state index contributed by atoms with van der Waals surface area (Å²) in [5.41, 5.74) is 2.45. The van der Waals surface area contributed by atoms with Gasteiger partial charge in [0.2, 0.25) is 0 Å². The summed E-state index contributed by atoms with van der Waals surface area (Å²) >= 11 is 0. The Morgan fingerprint density at radius 2 is 2.10 bits per heavy atom. The number of aliphatic hydroxyl groups excluding tert-OH is 1. The van der Waals surface area contributed by atoms with E-state index in [-0.39, 0.29) is 18.2 Å². The Kier molecular flexibility index (Phi) is 4.11. The van der Waals surface area contributed by atoms with E-state index < -0.39 is 0 Å². The molecule has 110 valence electrons. The summed E-state index contributed by atoms with van der Waals surface area (Å²) in [6.45, 7) is 2.75. The van der Waals surface area contributed by atoms with Crippen LogP contribution in [0.1, 0.15) is 49.8 Å². The Morgan fingerprint density at radius 1 is 1.30 bits per heavy atom. The molecule has 3 nitrogen and oxygen atoms in total. The molecule has 3 heteroatoms. The molecule has 1 fully saturated rings. The fourth-order valence-electron chi connectivity index (χ4n) is 3.02. The van der Waals surface area contributed by atoms with Crippen LogP contribution in [-0.4, -0.2) is 29.9 Å². The number of fused-ring (bicyclic) bond motifs is 1. The number of aliphatic hydroxyl groups is 1. The highest BCUT2D eigenvalue weighted by Gasteiger charge is 2.33. The van der Waals surface area contributed by atoms with Gasteiger partial charge in [-0.05, 0) is 50.2 Å². The van der Waals surface area contributed by atoms with Crippen LogP contribution in [0.25, 0.3) is 0 Å². The third-order valence-electron chi connectivity index (χ3n) is 4.40. The maximum absolute atomic E-state index is 9.64. The second-order valence-electron chi connectivity index (χ2n) is 6.53. The SMILES string of the molecule is CC(CO)(COC1CCCc2ccccc21)NC1CC1. The normalized spacial score (nSPS) is 25.0. The number of aryl methyl sites for hydroxylation is 1. The van der Waals surface area contributed by atoms with Gasteiger partial charge >= 0.3 is 0 Å². The molecule has 0 spiro atoms. The van der Waals surface area contributed by atoms with Crippen LogP contribution in [-0.2, 0) is 11.2 Å². The van der Waals surface area contributed by atoms with Crippen molar-refractivity contribution in [2.45, 2.75) is 56.7 Å². The summed E-state index contributed by atoms with van der Waals surface area (Å²) in [5.74, 6) is 0. The quantitative estimate of drug-likeness (QED) is 0.838. The van der Waals surface area contributed by atoms with Gasteiger partial charge in [-0.1, -0.05) is 24.3 Å². The molecule has 3 rings (SSSR count). The zero-order chi connectivity index (χ0) is 14.0. The summed E-state index contributed by atoms with van der Waals surface area (Å²) in [6, 6.07) is 9.17. The van der Waals surface area contributed by atoms with E-state index in [9.17, 15) is 5.11 Å². The molecular weight excluding hydrogens is 250 g/mol. The molecule has 1 saturated carbocycles. The highest BCUT2D eigenvalue weighted by atomic mass is 16.5. The molecule has 0 bridgehead atoms. The second-order valence-corrected chi connectivity index (χ2v) is 6.53. The Morgan fingerprint density at radius 3 is 2.85 bits per heavy atom. The van der Waals surface area contributed by atoms with Crippen molar-refractivity contribution in [2.24, 2.45) is 0 Å². The monoisotopic (exact) mass is 275 g/mol. The lowest BCUT2D eigenvalue weighted by molar-refractivity contribution is -0.0129. The maximum Gasteiger partial charge on any atom is 0.0828 e. The third kappa shape index (κ3) is 3.22. The van der Waals surface area contributed by atoms with Crippen LogP contribution in [0.5, 0.6) is 0 Å². The van der Waals surface area contributed by atoms with E-state index >= 15 is 0 Å². The molecule has 0 aliphatic heterocycles. The summed E-state index contributed by atoms with van der Waals surface area (Å²) in [6.07, 6.45) is 6.07. The number of hydrogen-bond donors (Lipinski definition) is 2. The lowest BCUT2D eigenvalue weighted by Gasteiger charge is -2.33. The van der Waals surface area contributed by atoms with Crippen LogP contribution in [0, 0.1) is 0 Å². The van der Waals surface area contributed by atoms with Crippen molar-refractivity contribution in [1.29, 1.82) is 0 Å². The van der Waals surface area contributed by atoms with Crippen molar-refractivity contribution in [3.05, 3.63) is 35.4 Å². The van der Waals surface area contributed by atoms with Gasteiger partial charge in [0.15, 0.2) is 0 Å². The third-order valence-corrected chi connectivity index (χ3v) is 4.40. The van der Waals surface area contributed by atoms with Gasteiger partial charge in [-0.2, -0.15) is 0 Å². The van der Waals surface area contributed by atoms with E-state index in [1.54, 1.807) is 0 Å². The smallest absolute Gasteiger partial charge is 0.0828 e. The molecule has 2 aliphatic rings. The first-order chi connectivity index (χ1) is 9.70. The minimum Gasteiger partial charge on any atom is -0.394 e. The molecule has 0 aromatic heterocycles. The minimum absolute atomic E-state index is 0.123. The van der Waals surface area contributed by atoms with Crippen LogP contribution in [0.2, 0.25) is 0 Å². The Hall–Kier alpha value is -0.900. The van der Waals surface area contributed by atoms with E-state index in [1.165, 1.54) is 30.4 Å². The van der Waals surface area contributed by atoms with Crippen molar-refractivity contribution >= 4 is 0 Å². The van der Waals surface area contributed by atoms with Crippen molar-refractivity contribution in [3.63, 3.8) is 0 Å². The Balaban J connectivity index is 1.63. The maximum atomic E-state index is 9.64. The Labute approximate surface area is 121 Å². The highest BCUT2D eigenvalue weighted by Crippen LogP contribution is 2.33. The summed E-state index contributed by atoms with van der Waals surface area (Å²) in [5, 5.41) is 13.1. The predicted octanol–water partition coefficient (Wildman–Crippen LogP) is 2.58. The molecule has 20 heavy (non-hydrogen) atoms. The molecule has 2 N–H and O–H groups in total. The molecule has 2 atom stereocenters. The summed E-state index contributed by atoms with van der Waals surface area (Å²) < 4.78 is 6.17. The number of ether oxygens (including phenoxy) is 1. The molecule has 2 unspecified atom stereocenters. The van der Waals surface area contributed by atoms with E-state index in [2.05, 4.69) is 36.5 Å². The van der Waals surface area contributed by atoms with Crippen LogP contribution in [0.4, 0.5) is 0 Å². The molecule has 1 aromatic carbocycles. The fraction of sp³-hybridized carbons (Fsp3) is 0.647. The molecule has 0 radical (unpaired) electrons. The predicted molar refractivity (Wildman–Crippen MR) is 79.7 cm³/mol. The molecule has 0 saturated heterocycles. The number of hydrogen-bond acceptors (Lipinski definition) is 3. The van der Waals surface area contributed by atoms with E-state index in [4.69, 9.17) is 4.74 Å².